The summed E-state index contributed by atoms with van der Waals surface area (Å²) >= 11 is 0. The lowest BCUT2D eigenvalue weighted by Crippen LogP contribution is -2.22. The van der Waals surface area contributed by atoms with Crippen molar-refractivity contribution >= 4 is 5.97 Å². The second kappa shape index (κ2) is 4.60. The van der Waals surface area contributed by atoms with Crippen molar-refractivity contribution < 1.29 is 23.9 Å². The summed E-state index contributed by atoms with van der Waals surface area (Å²) in [6, 6.07) is 7.26. The fraction of sp³-hybridized carbons (Fsp3) is 0.250. The van der Waals surface area contributed by atoms with E-state index in [0.29, 0.717) is 11.5 Å². The van der Waals surface area contributed by atoms with Crippen molar-refractivity contribution in [2.75, 3.05) is 6.61 Å². The van der Waals surface area contributed by atoms with E-state index in [9.17, 15) is 4.79 Å². The lowest BCUT2D eigenvalue weighted by molar-refractivity contribution is -0.136. The Morgan fingerprint density at radius 1 is 1.37 bits per heavy atom. The van der Waals surface area contributed by atoms with Gasteiger partial charge in [-0.2, -0.15) is 4.98 Å². The Morgan fingerprint density at radius 2 is 2.16 bits per heavy atom. The lowest BCUT2D eigenvalue weighted by Gasteiger charge is -2.24. The highest BCUT2D eigenvalue weighted by Crippen LogP contribution is 2.34. The monoisotopic (exact) mass is 262 g/mol. The van der Waals surface area contributed by atoms with Gasteiger partial charge in [-0.15, -0.1) is 0 Å². The summed E-state index contributed by atoms with van der Waals surface area (Å²) in [7, 11) is 0. The predicted molar refractivity (Wildman–Crippen MR) is 60.9 cm³/mol. The Bertz CT molecular complexity index is 610. The molecule has 1 aromatic carbocycles. The van der Waals surface area contributed by atoms with Crippen LogP contribution in [-0.4, -0.2) is 27.8 Å². The van der Waals surface area contributed by atoms with Gasteiger partial charge in [-0.3, -0.25) is 4.79 Å². The van der Waals surface area contributed by atoms with Gasteiger partial charge < -0.3 is 19.1 Å². The maximum atomic E-state index is 10.5. The number of rotatable bonds is 3. The quantitative estimate of drug-likeness (QED) is 0.888. The molecule has 0 aliphatic carbocycles. The van der Waals surface area contributed by atoms with Gasteiger partial charge in [0.05, 0.1) is 0 Å². The van der Waals surface area contributed by atoms with Gasteiger partial charge in [-0.25, -0.2) is 0 Å². The molecule has 1 N–H and O–H groups in total. The minimum Gasteiger partial charge on any atom is -0.485 e. The van der Waals surface area contributed by atoms with Crippen LogP contribution in [0.15, 0.2) is 28.8 Å². The van der Waals surface area contributed by atoms with E-state index in [1.165, 1.54) is 0 Å². The van der Waals surface area contributed by atoms with Gasteiger partial charge in [0.15, 0.2) is 17.6 Å². The van der Waals surface area contributed by atoms with Crippen LogP contribution in [0.3, 0.4) is 0 Å². The number of aliphatic carboxylic acids is 1. The summed E-state index contributed by atoms with van der Waals surface area (Å²) in [5.74, 6) is 0.563. The molecule has 0 radical (unpaired) electrons. The molecule has 0 bridgehead atoms. The lowest BCUT2D eigenvalue weighted by atomic mass is 10.2. The van der Waals surface area contributed by atoms with Gasteiger partial charge in [-0.1, -0.05) is 17.3 Å². The molecule has 0 saturated heterocycles. The molecular formula is C12H10N2O5. The molecule has 1 aliphatic heterocycles. The zero-order valence-corrected chi connectivity index (χ0v) is 9.78. The fourth-order valence-electron chi connectivity index (χ4n) is 1.75. The Balaban J connectivity index is 1.77. The number of fused-ring (bicyclic) bond motifs is 1. The van der Waals surface area contributed by atoms with Crippen molar-refractivity contribution in [2.24, 2.45) is 0 Å². The molecule has 98 valence electrons. The highest BCUT2D eigenvalue weighted by atomic mass is 16.6. The van der Waals surface area contributed by atoms with Crippen LogP contribution >= 0.6 is 0 Å². The Hall–Kier alpha value is -2.57. The third kappa shape index (κ3) is 2.35. The highest BCUT2D eigenvalue weighted by molar-refractivity contribution is 5.68. The third-order valence-corrected chi connectivity index (χ3v) is 2.58. The third-order valence-electron chi connectivity index (χ3n) is 2.58. The van der Waals surface area contributed by atoms with E-state index in [-0.39, 0.29) is 24.7 Å². The molecule has 0 fully saturated rings. The molecule has 7 nitrogen and oxygen atoms in total. The van der Waals surface area contributed by atoms with Crippen molar-refractivity contribution in [3.8, 4) is 11.5 Å². The van der Waals surface area contributed by atoms with E-state index in [4.69, 9.17) is 19.1 Å². The van der Waals surface area contributed by atoms with Crippen LogP contribution in [0.2, 0.25) is 0 Å². The fourth-order valence-corrected chi connectivity index (χ4v) is 1.75. The summed E-state index contributed by atoms with van der Waals surface area (Å²) in [5, 5.41) is 12.3. The molecular weight excluding hydrogens is 252 g/mol. The standard InChI is InChI=1S/C12H10N2O5/c15-11(16)5-10-13-12(14-19-10)9-6-17-7-3-1-2-4-8(7)18-9/h1-4,9H,5-6H2,(H,15,16). The van der Waals surface area contributed by atoms with E-state index < -0.39 is 12.1 Å². The van der Waals surface area contributed by atoms with Gasteiger partial charge in [0, 0.05) is 0 Å². The van der Waals surface area contributed by atoms with Crippen LogP contribution in [0.5, 0.6) is 11.5 Å². The summed E-state index contributed by atoms with van der Waals surface area (Å²) in [4.78, 5) is 14.5. The Kier molecular flexibility index (Phi) is 2.79. The molecule has 2 heterocycles. The smallest absolute Gasteiger partial charge is 0.312 e. The van der Waals surface area contributed by atoms with Crippen molar-refractivity contribution in [2.45, 2.75) is 12.5 Å². The number of hydrogen-bond acceptors (Lipinski definition) is 6. The average Bonchev–Trinajstić information content (AvgIpc) is 2.86. The van der Waals surface area contributed by atoms with E-state index >= 15 is 0 Å². The summed E-state index contributed by atoms with van der Waals surface area (Å²) in [6.07, 6.45) is -0.807. The molecule has 0 saturated carbocycles. The summed E-state index contributed by atoms with van der Waals surface area (Å²) in [5.41, 5.74) is 0. The van der Waals surface area contributed by atoms with Crippen LogP contribution in [-0.2, 0) is 11.2 Å². The topological polar surface area (TPSA) is 94.7 Å². The highest BCUT2D eigenvalue weighted by Gasteiger charge is 2.27. The van der Waals surface area contributed by atoms with Gasteiger partial charge >= 0.3 is 5.97 Å². The van der Waals surface area contributed by atoms with E-state index in [2.05, 4.69) is 10.1 Å². The van der Waals surface area contributed by atoms with Crippen molar-refractivity contribution in [3.63, 3.8) is 0 Å². The average molecular weight is 262 g/mol. The number of para-hydroxylation sites is 2. The van der Waals surface area contributed by atoms with Crippen LogP contribution in [0, 0.1) is 0 Å². The number of aromatic nitrogens is 2. The maximum Gasteiger partial charge on any atom is 0.312 e. The van der Waals surface area contributed by atoms with E-state index in [0.717, 1.165) is 0 Å². The van der Waals surface area contributed by atoms with Crippen molar-refractivity contribution in [1.29, 1.82) is 0 Å². The van der Waals surface area contributed by atoms with Crippen LogP contribution in [0.4, 0.5) is 0 Å². The Labute approximate surface area is 107 Å². The van der Waals surface area contributed by atoms with Crippen molar-refractivity contribution in [1.82, 2.24) is 10.1 Å². The maximum absolute atomic E-state index is 10.5. The zero-order chi connectivity index (χ0) is 13.2. The summed E-state index contributed by atoms with van der Waals surface area (Å²) < 4.78 is 16.0. The molecule has 3 rings (SSSR count). The molecule has 1 atom stereocenters. The second-order valence-corrected chi connectivity index (χ2v) is 3.98. The Morgan fingerprint density at radius 3 is 2.95 bits per heavy atom. The normalized spacial score (nSPS) is 17.2. The molecule has 0 spiro atoms. The predicted octanol–water partition coefficient (Wildman–Crippen LogP) is 1.21. The van der Waals surface area contributed by atoms with Crippen LogP contribution in [0.25, 0.3) is 0 Å². The molecule has 19 heavy (non-hydrogen) atoms. The largest absolute Gasteiger partial charge is 0.485 e. The minimum absolute atomic E-state index is 0.0463. The number of carbonyl (C=O) groups is 1. The van der Waals surface area contributed by atoms with Gasteiger partial charge in [0.2, 0.25) is 11.7 Å². The van der Waals surface area contributed by atoms with Gasteiger partial charge in [0.1, 0.15) is 13.0 Å². The first kappa shape index (κ1) is 11.5. The van der Waals surface area contributed by atoms with E-state index in [1.807, 2.05) is 12.1 Å². The van der Waals surface area contributed by atoms with Crippen LogP contribution < -0.4 is 9.47 Å². The number of ether oxygens (including phenoxy) is 2. The number of carboxylic acids is 1. The van der Waals surface area contributed by atoms with Gasteiger partial charge in [-0.05, 0) is 12.1 Å². The molecule has 1 aromatic heterocycles. The van der Waals surface area contributed by atoms with Crippen LogP contribution in [0.1, 0.15) is 17.8 Å². The molecule has 1 unspecified atom stereocenters. The second-order valence-electron chi connectivity index (χ2n) is 3.98. The number of benzene rings is 1. The van der Waals surface area contributed by atoms with Gasteiger partial charge in [0.25, 0.3) is 0 Å². The first-order valence-corrected chi connectivity index (χ1v) is 5.65. The first-order chi connectivity index (χ1) is 9.22. The number of nitrogens with zero attached hydrogens (tertiary/aromatic N) is 2. The first-order valence-electron chi connectivity index (χ1n) is 5.65. The number of hydrogen-bond donors (Lipinski definition) is 1. The molecule has 1 aliphatic rings. The minimum atomic E-state index is -1.03. The summed E-state index contributed by atoms with van der Waals surface area (Å²) in [6.45, 7) is 0.253. The molecule has 2 aromatic rings. The van der Waals surface area contributed by atoms with E-state index in [1.54, 1.807) is 12.1 Å². The SMILES string of the molecule is O=C(O)Cc1nc(C2COc3ccccc3O2)no1. The molecule has 7 heteroatoms. The zero-order valence-electron chi connectivity index (χ0n) is 9.78. The molecule has 0 amide bonds. The number of carboxylic acid groups (broad SMARTS) is 1. The van der Waals surface area contributed by atoms with Crippen molar-refractivity contribution in [3.05, 3.63) is 36.0 Å².